The summed E-state index contributed by atoms with van der Waals surface area (Å²) >= 11 is 1.68. The Kier molecular flexibility index (Phi) is 8.72. The molecule has 0 unspecified atom stereocenters. The van der Waals surface area contributed by atoms with Gasteiger partial charge < -0.3 is 19.5 Å². The van der Waals surface area contributed by atoms with Crippen LogP contribution in [0.4, 0.5) is 4.39 Å². The number of hydrogen-bond donors (Lipinski definition) is 1. The lowest BCUT2D eigenvalue weighted by atomic mass is 10.0. The maximum Gasteiger partial charge on any atom is 0.237 e. The third-order valence-electron chi connectivity index (χ3n) is 6.24. The summed E-state index contributed by atoms with van der Waals surface area (Å²) in [6.45, 7) is 6.40. The SMILES string of the molecule is C=CCOC[C@@H](O)CN(CC(=O)N1CCc2sccc2[C@H]1COc1ccccc1F)CC1CC1. The number of benzene rings is 1. The van der Waals surface area contributed by atoms with Crippen LogP contribution in [-0.4, -0.2) is 72.9 Å². The molecule has 2 aromatic rings. The van der Waals surface area contributed by atoms with E-state index < -0.39 is 11.9 Å². The van der Waals surface area contributed by atoms with Crippen molar-refractivity contribution in [3.05, 3.63) is 64.6 Å². The first-order chi connectivity index (χ1) is 16.5. The third kappa shape index (κ3) is 6.66. The molecule has 184 valence electrons. The van der Waals surface area contributed by atoms with E-state index in [1.54, 1.807) is 35.6 Å². The van der Waals surface area contributed by atoms with Crippen LogP contribution in [0.1, 0.15) is 29.3 Å². The molecule has 0 radical (unpaired) electrons. The number of ether oxygens (including phenoxy) is 2. The summed E-state index contributed by atoms with van der Waals surface area (Å²) < 4.78 is 25.3. The number of nitrogens with zero attached hydrogens (tertiary/aromatic N) is 2. The average molecular weight is 489 g/mol. The van der Waals surface area contributed by atoms with Crippen molar-refractivity contribution in [3.8, 4) is 5.75 Å². The lowest BCUT2D eigenvalue weighted by Gasteiger charge is -2.37. The molecule has 0 spiro atoms. The van der Waals surface area contributed by atoms with Crippen LogP contribution in [0.5, 0.6) is 5.75 Å². The van der Waals surface area contributed by atoms with Crippen molar-refractivity contribution in [1.82, 2.24) is 9.80 Å². The highest BCUT2D eigenvalue weighted by atomic mass is 32.1. The Balaban J connectivity index is 1.43. The molecule has 4 rings (SSSR count). The smallest absolute Gasteiger partial charge is 0.237 e. The molecule has 1 aliphatic carbocycles. The Morgan fingerprint density at radius 2 is 2.18 bits per heavy atom. The highest BCUT2D eigenvalue weighted by Gasteiger charge is 2.34. The molecule has 6 nitrogen and oxygen atoms in total. The van der Waals surface area contributed by atoms with Gasteiger partial charge in [0.1, 0.15) is 6.61 Å². The van der Waals surface area contributed by atoms with Crippen LogP contribution < -0.4 is 4.74 Å². The minimum Gasteiger partial charge on any atom is -0.488 e. The van der Waals surface area contributed by atoms with Crippen molar-refractivity contribution >= 4 is 17.2 Å². The van der Waals surface area contributed by atoms with E-state index in [2.05, 4.69) is 6.58 Å². The number of thiophene rings is 1. The fourth-order valence-electron chi connectivity index (χ4n) is 4.39. The Morgan fingerprint density at radius 3 is 2.94 bits per heavy atom. The predicted octanol–water partition coefficient (Wildman–Crippen LogP) is 3.67. The van der Waals surface area contributed by atoms with Crippen molar-refractivity contribution < 1.29 is 23.8 Å². The lowest BCUT2D eigenvalue weighted by molar-refractivity contribution is -0.136. The molecular formula is C26H33FN2O4S. The Morgan fingerprint density at radius 1 is 1.35 bits per heavy atom. The molecule has 1 N–H and O–H groups in total. The summed E-state index contributed by atoms with van der Waals surface area (Å²) in [5.74, 6) is 0.359. The fraction of sp³-hybridized carbons (Fsp3) is 0.500. The second-order valence-corrected chi connectivity index (χ2v) is 10.0. The normalized spacial score (nSPS) is 18.6. The van der Waals surface area contributed by atoms with E-state index in [-0.39, 0.29) is 37.5 Å². The molecule has 2 heterocycles. The molecule has 1 aromatic carbocycles. The van der Waals surface area contributed by atoms with Gasteiger partial charge in [-0.15, -0.1) is 17.9 Å². The highest BCUT2D eigenvalue weighted by molar-refractivity contribution is 7.10. The molecule has 8 heteroatoms. The maximum atomic E-state index is 14.1. The number of aliphatic hydroxyl groups excluding tert-OH is 1. The molecular weight excluding hydrogens is 455 g/mol. The van der Waals surface area contributed by atoms with Gasteiger partial charge >= 0.3 is 0 Å². The van der Waals surface area contributed by atoms with E-state index in [1.165, 1.54) is 10.9 Å². The van der Waals surface area contributed by atoms with E-state index >= 15 is 0 Å². The molecule has 1 fully saturated rings. The fourth-order valence-corrected chi connectivity index (χ4v) is 5.32. The van der Waals surface area contributed by atoms with E-state index in [9.17, 15) is 14.3 Å². The van der Waals surface area contributed by atoms with E-state index in [0.717, 1.165) is 31.4 Å². The molecule has 1 aliphatic heterocycles. The number of halogens is 1. The highest BCUT2D eigenvalue weighted by Crippen LogP contribution is 2.35. The van der Waals surface area contributed by atoms with Crippen LogP contribution >= 0.6 is 11.3 Å². The lowest BCUT2D eigenvalue weighted by Crippen LogP contribution is -2.48. The van der Waals surface area contributed by atoms with Crippen molar-refractivity contribution in [2.75, 3.05) is 46.0 Å². The quantitative estimate of drug-likeness (QED) is 0.344. The topological polar surface area (TPSA) is 62.2 Å². The molecule has 2 atom stereocenters. The first-order valence-corrected chi connectivity index (χ1v) is 12.7. The van der Waals surface area contributed by atoms with Gasteiger partial charge in [0.2, 0.25) is 5.91 Å². The number of rotatable bonds is 13. The zero-order valence-electron chi connectivity index (χ0n) is 19.4. The van der Waals surface area contributed by atoms with E-state index in [1.807, 2.05) is 21.2 Å². The first kappa shape index (κ1) is 24.9. The number of aliphatic hydroxyl groups is 1. The van der Waals surface area contributed by atoms with Crippen molar-refractivity contribution in [2.45, 2.75) is 31.4 Å². The van der Waals surface area contributed by atoms with Crippen LogP contribution in [0.15, 0.2) is 48.4 Å². The molecule has 1 saturated carbocycles. The zero-order valence-corrected chi connectivity index (χ0v) is 20.2. The average Bonchev–Trinajstić information content (AvgIpc) is 3.50. The van der Waals surface area contributed by atoms with Gasteiger partial charge in [-0.05, 0) is 54.3 Å². The van der Waals surface area contributed by atoms with Gasteiger partial charge in [0.25, 0.3) is 0 Å². The second-order valence-electron chi connectivity index (χ2n) is 9.01. The third-order valence-corrected chi connectivity index (χ3v) is 7.23. The van der Waals surface area contributed by atoms with Gasteiger partial charge in [-0.1, -0.05) is 18.2 Å². The number of para-hydroxylation sites is 1. The minimum absolute atomic E-state index is 0.00107. The van der Waals surface area contributed by atoms with Gasteiger partial charge in [0.15, 0.2) is 11.6 Å². The number of fused-ring (bicyclic) bond motifs is 1. The maximum absolute atomic E-state index is 14.1. The van der Waals surface area contributed by atoms with Crippen LogP contribution in [0.3, 0.4) is 0 Å². The monoisotopic (exact) mass is 488 g/mol. The molecule has 34 heavy (non-hydrogen) atoms. The molecule has 0 bridgehead atoms. The van der Waals surface area contributed by atoms with Gasteiger partial charge in [-0.25, -0.2) is 4.39 Å². The van der Waals surface area contributed by atoms with Crippen molar-refractivity contribution in [1.29, 1.82) is 0 Å². The Bertz CT molecular complexity index is 964. The summed E-state index contributed by atoms with van der Waals surface area (Å²) in [5, 5.41) is 12.4. The molecule has 1 amide bonds. The van der Waals surface area contributed by atoms with Gasteiger partial charge in [0.05, 0.1) is 31.9 Å². The zero-order chi connectivity index (χ0) is 23.9. The number of carbonyl (C=O) groups excluding carboxylic acids is 1. The predicted molar refractivity (Wildman–Crippen MR) is 131 cm³/mol. The first-order valence-electron chi connectivity index (χ1n) is 11.9. The van der Waals surface area contributed by atoms with Gasteiger partial charge in [-0.2, -0.15) is 0 Å². The minimum atomic E-state index is -0.670. The van der Waals surface area contributed by atoms with Crippen LogP contribution in [-0.2, 0) is 16.0 Å². The molecule has 2 aliphatic rings. The van der Waals surface area contributed by atoms with E-state index in [0.29, 0.717) is 25.6 Å². The van der Waals surface area contributed by atoms with Crippen LogP contribution in [0, 0.1) is 11.7 Å². The molecule has 0 saturated heterocycles. The Hall–Kier alpha value is -2.26. The largest absolute Gasteiger partial charge is 0.488 e. The van der Waals surface area contributed by atoms with Gasteiger partial charge in [0, 0.05) is 24.5 Å². The van der Waals surface area contributed by atoms with Crippen LogP contribution in [0.2, 0.25) is 0 Å². The number of amides is 1. The van der Waals surface area contributed by atoms with Gasteiger partial charge in [-0.3, -0.25) is 9.69 Å². The Labute approximate surface area is 204 Å². The van der Waals surface area contributed by atoms with Crippen molar-refractivity contribution in [2.24, 2.45) is 5.92 Å². The van der Waals surface area contributed by atoms with Crippen molar-refractivity contribution in [3.63, 3.8) is 0 Å². The second kappa shape index (κ2) is 11.9. The summed E-state index contributed by atoms with van der Waals surface area (Å²) in [7, 11) is 0. The molecule has 1 aromatic heterocycles. The summed E-state index contributed by atoms with van der Waals surface area (Å²) in [6, 6.07) is 8.10. The summed E-state index contributed by atoms with van der Waals surface area (Å²) in [4.78, 5) is 18.6. The standard InChI is InChI=1S/C26H33FN2O4S/c1-2-12-32-17-20(30)15-28(14-19-7-8-19)16-26(31)29-11-9-25-21(10-13-34-25)23(29)18-33-24-6-4-3-5-22(24)27/h2-6,10,13,19-20,23,30H,1,7-9,11-12,14-18H2/t20-,23+/m0/s1. The summed E-state index contributed by atoms with van der Waals surface area (Å²) in [6.07, 6.45) is 4.10. The summed E-state index contributed by atoms with van der Waals surface area (Å²) in [5.41, 5.74) is 1.08. The van der Waals surface area contributed by atoms with E-state index in [4.69, 9.17) is 9.47 Å². The van der Waals surface area contributed by atoms with Crippen LogP contribution in [0.25, 0.3) is 0 Å². The number of carbonyl (C=O) groups is 1. The number of hydrogen-bond acceptors (Lipinski definition) is 6.